The van der Waals surface area contributed by atoms with E-state index in [9.17, 15) is 31.1 Å². The van der Waals surface area contributed by atoms with Gasteiger partial charge in [-0.3, -0.25) is 9.48 Å². The Balaban J connectivity index is 1.36. The summed E-state index contributed by atoms with van der Waals surface area (Å²) in [5.74, 6) is 0.416. The van der Waals surface area contributed by atoms with Gasteiger partial charge in [0, 0.05) is 55.9 Å². The van der Waals surface area contributed by atoms with Crippen LogP contribution in [0.3, 0.4) is 0 Å². The number of amides is 1. The molecule has 0 radical (unpaired) electrons. The van der Waals surface area contributed by atoms with E-state index in [2.05, 4.69) is 37.2 Å². The van der Waals surface area contributed by atoms with Crippen molar-refractivity contribution in [1.82, 2.24) is 34.9 Å². The highest BCUT2D eigenvalue weighted by molar-refractivity contribution is 6.65. The van der Waals surface area contributed by atoms with Crippen LogP contribution in [0.1, 0.15) is 43.4 Å². The van der Waals surface area contributed by atoms with Crippen molar-refractivity contribution >= 4 is 28.8 Å². The third-order valence-corrected chi connectivity index (χ3v) is 9.98. The van der Waals surface area contributed by atoms with Crippen LogP contribution in [0.25, 0.3) is 11.1 Å². The van der Waals surface area contributed by atoms with Crippen LogP contribution in [-0.2, 0) is 30.7 Å². The molecule has 7 rings (SSSR count). The first-order valence-corrected chi connectivity index (χ1v) is 15.5. The van der Waals surface area contributed by atoms with E-state index < -0.39 is 53.8 Å². The summed E-state index contributed by atoms with van der Waals surface area (Å²) in [5.41, 5.74) is -1.81. The maximum atomic E-state index is 13.9. The second-order valence-electron chi connectivity index (χ2n) is 12.9. The number of hydrogen-bond donors (Lipinski definition) is 1. The zero-order chi connectivity index (χ0) is 34.5. The van der Waals surface area contributed by atoms with Gasteiger partial charge in [-0.15, -0.1) is 0 Å². The predicted octanol–water partition coefficient (Wildman–Crippen LogP) is 5.37. The molecule has 48 heavy (non-hydrogen) atoms. The van der Waals surface area contributed by atoms with E-state index in [4.69, 9.17) is 11.6 Å². The zero-order valence-corrected chi connectivity index (χ0v) is 26.9. The molecule has 10 nitrogen and oxygen atoms in total. The van der Waals surface area contributed by atoms with Crippen LogP contribution >= 0.6 is 11.6 Å². The summed E-state index contributed by atoms with van der Waals surface area (Å²) < 4.78 is 85.0. The standard InChI is InChI=1S/C31H30ClF6N9O/c1-15-8-29(15)9-22(25-45(4)26(48)23-16(2)42-27(32)43-24(23)47(25)29)46(28-39-10-18(11-40-28)19-12-41-44(3)14-19)13-17-5-20(30(33,34)35)7-21(6-17)31(36,37)38/h5-7,10-12,14-16,22,25H,8-9,13H2,1-4H3,(H,42,43). The summed E-state index contributed by atoms with van der Waals surface area (Å²) in [7, 11) is 3.38. The van der Waals surface area contributed by atoms with E-state index in [0.717, 1.165) is 6.42 Å². The number of aryl methyl sites for hydroxylation is 1. The van der Waals surface area contributed by atoms with Crippen molar-refractivity contribution in [2.75, 3.05) is 11.9 Å². The lowest BCUT2D eigenvalue weighted by molar-refractivity contribution is -0.143. The van der Waals surface area contributed by atoms with Crippen LogP contribution in [0.5, 0.6) is 0 Å². The molecule has 1 aromatic carbocycles. The number of benzene rings is 1. The molecule has 5 atom stereocenters. The molecule has 254 valence electrons. The lowest BCUT2D eigenvalue weighted by Crippen LogP contribution is -2.63. The van der Waals surface area contributed by atoms with Crippen molar-refractivity contribution in [3.05, 3.63) is 71.1 Å². The molecule has 1 spiro atoms. The summed E-state index contributed by atoms with van der Waals surface area (Å²) in [6.45, 7) is 3.42. The number of hydrogen-bond acceptors (Lipinski definition) is 8. The van der Waals surface area contributed by atoms with Gasteiger partial charge in [0.2, 0.25) is 5.95 Å². The number of alkyl halides is 6. The van der Waals surface area contributed by atoms with Gasteiger partial charge in [-0.1, -0.05) is 6.92 Å². The fraction of sp³-hybridized carbons (Fsp3) is 0.452. The topological polar surface area (TPSA) is 94.8 Å². The van der Waals surface area contributed by atoms with Crippen LogP contribution in [0.2, 0.25) is 0 Å². The molecule has 2 aromatic heterocycles. The second-order valence-corrected chi connectivity index (χ2v) is 13.2. The van der Waals surface area contributed by atoms with Crippen molar-refractivity contribution in [3.63, 3.8) is 0 Å². The first-order valence-electron chi connectivity index (χ1n) is 15.1. The van der Waals surface area contributed by atoms with E-state index in [1.54, 1.807) is 47.9 Å². The molecule has 1 saturated heterocycles. The number of amidine groups is 1. The average Bonchev–Trinajstić information content (AvgIpc) is 3.29. The molecule has 2 fully saturated rings. The van der Waals surface area contributed by atoms with Crippen molar-refractivity contribution < 1.29 is 31.1 Å². The molecule has 4 aliphatic rings. The number of carbonyl (C=O) groups is 1. The summed E-state index contributed by atoms with van der Waals surface area (Å²) in [4.78, 5) is 32.6. The highest BCUT2D eigenvalue weighted by Crippen LogP contribution is 2.60. The number of carbonyl (C=O) groups excluding carboxylic acids is 1. The Morgan fingerprint density at radius 1 is 0.979 bits per heavy atom. The molecule has 3 aliphatic heterocycles. The van der Waals surface area contributed by atoms with Gasteiger partial charge in [0.25, 0.3) is 5.91 Å². The van der Waals surface area contributed by atoms with E-state index >= 15 is 0 Å². The third kappa shape index (κ3) is 5.24. The van der Waals surface area contributed by atoms with Crippen molar-refractivity contribution in [2.45, 2.75) is 69.4 Å². The molecule has 5 heterocycles. The first kappa shape index (κ1) is 32.2. The molecular weight excluding hydrogens is 664 g/mol. The van der Waals surface area contributed by atoms with Gasteiger partial charge in [-0.05, 0) is 61.0 Å². The predicted molar refractivity (Wildman–Crippen MR) is 163 cm³/mol. The largest absolute Gasteiger partial charge is 0.416 e. The molecule has 0 bridgehead atoms. The number of halogens is 7. The number of aromatic nitrogens is 4. The van der Waals surface area contributed by atoms with Crippen LogP contribution in [-0.4, -0.2) is 71.6 Å². The van der Waals surface area contributed by atoms with Crippen LogP contribution in [0.15, 0.2) is 59.4 Å². The Hall–Kier alpha value is -4.34. The second kappa shape index (κ2) is 10.8. The first-order chi connectivity index (χ1) is 22.5. The van der Waals surface area contributed by atoms with Gasteiger partial charge in [0.15, 0.2) is 5.29 Å². The van der Waals surface area contributed by atoms with Crippen molar-refractivity contribution in [2.24, 2.45) is 18.0 Å². The maximum absolute atomic E-state index is 13.9. The Bertz CT molecular complexity index is 1820. The van der Waals surface area contributed by atoms with E-state index in [-0.39, 0.29) is 34.7 Å². The molecule has 3 aromatic rings. The number of nitrogens with zero attached hydrogens (tertiary/aromatic N) is 8. The third-order valence-electron chi connectivity index (χ3n) is 9.79. The molecule has 1 aliphatic carbocycles. The lowest BCUT2D eigenvalue weighted by Gasteiger charge is -2.48. The summed E-state index contributed by atoms with van der Waals surface area (Å²) in [6, 6.07) is 0.339. The average molecular weight is 694 g/mol. The minimum Gasteiger partial charge on any atom is -0.329 e. The molecule has 1 N–H and O–H groups in total. The van der Waals surface area contributed by atoms with E-state index in [0.29, 0.717) is 41.1 Å². The molecule has 17 heteroatoms. The molecular formula is C31H30ClF6N9O. The Kier molecular flexibility index (Phi) is 7.27. The molecule has 1 saturated carbocycles. The summed E-state index contributed by atoms with van der Waals surface area (Å²) in [6.07, 6.45) is -3.17. The van der Waals surface area contributed by atoms with Crippen molar-refractivity contribution in [3.8, 4) is 11.1 Å². The van der Waals surface area contributed by atoms with Gasteiger partial charge < -0.3 is 20.0 Å². The van der Waals surface area contributed by atoms with Crippen LogP contribution in [0, 0.1) is 5.92 Å². The maximum Gasteiger partial charge on any atom is 0.416 e. The quantitative estimate of drug-likeness (QED) is 0.284. The number of rotatable bonds is 5. The Morgan fingerprint density at radius 2 is 1.60 bits per heavy atom. The van der Waals surface area contributed by atoms with Crippen LogP contribution in [0.4, 0.5) is 32.3 Å². The number of anilines is 1. The SMILES string of the molecule is CC1N=C(Cl)NC2=C1C(=O)N(C)C1C(N(Cc3cc(C(F)(F)F)cc(C(F)(F)F)c3)c3ncc(-c4cnn(C)c4)cn3)CC3(CC3C)N21. The Morgan fingerprint density at radius 3 is 2.15 bits per heavy atom. The van der Waals surface area contributed by atoms with Crippen molar-refractivity contribution in [1.29, 1.82) is 0 Å². The smallest absolute Gasteiger partial charge is 0.329 e. The number of aliphatic imine (C=N–C) groups is 1. The molecule has 1 amide bonds. The monoisotopic (exact) mass is 693 g/mol. The lowest BCUT2D eigenvalue weighted by atomic mass is 10.0. The fourth-order valence-electron chi connectivity index (χ4n) is 7.39. The van der Waals surface area contributed by atoms with Gasteiger partial charge >= 0.3 is 12.4 Å². The number of likely N-dealkylation sites (N-methyl/N-ethyl adjacent to an activating group) is 1. The van der Waals surface area contributed by atoms with Gasteiger partial charge in [0.05, 0.1) is 35.0 Å². The van der Waals surface area contributed by atoms with E-state index in [1.165, 1.54) is 12.4 Å². The minimum atomic E-state index is -5.02. The van der Waals surface area contributed by atoms with Gasteiger partial charge in [-0.25, -0.2) is 15.0 Å². The highest BCUT2D eigenvalue weighted by atomic mass is 35.5. The fourth-order valence-corrected chi connectivity index (χ4v) is 7.63. The summed E-state index contributed by atoms with van der Waals surface area (Å²) in [5, 5.41) is 7.34. The summed E-state index contributed by atoms with van der Waals surface area (Å²) >= 11 is 6.36. The van der Waals surface area contributed by atoms with Gasteiger partial charge in [0.1, 0.15) is 12.0 Å². The Labute approximate surface area is 276 Å². The zero-order valence-electron chi connectivity index (χ0n) is 26.1. The highest BCUT2D eigenvalue weighted by Gasteiger charge is 2.68. The van der Waals surface area contributed by atoms with Crippen LogP contribution < -0.4 is 10.2 Å². The number of nitrogens with one attached hydrogen (secondary N) is 1. The minimum absolute atomic E-state index is 0.0779. The normalized spacial score (nSPS) is 26.8. The molecule has 5 unspecified atom stereocenters. The van der Waals surface area contributed by atoms with Gasteiger partial charge in [-0.2, -0.15) is 31.4 Å². The number of fused-ring (bicyclic) bond motifs is 3. The van der Waals surface area contributed by atoms with E-state index in [1.807, 2.05) is 0 Å².